The van der Waals surface area contributed by atoms with Gasteiger partial charge in [-0.1, -0.05) is 12.1 Å². The SMILES string of the molecule is COC(=O)C[C@@H]1CCCN(Cc2cccc(OCC(F)(F)F)c2)CC1. The molecule has 0 saturated carbocycles. The molecule has 1 aromatic rings. The topological polar surface area (TPSA) is 38.8 Å². The summed E-state index contributed by atoms with van der Waals surface area (Å²) in [6, 6.07) is 6.78. The van der Waals surface area contributed by atoms with Crippen LogP contribution in [0.4, 0.5) is 13.2 Å². The van der Waals surface area contributed by atoms with Gasteiger partial charge in [-0.15, -0.1) is 0 Å². The summed E-state index contributed by atoms with van der Waals surface area (Å²) in [5.41, 5.74) is 0.922. The van der Waals surface area contributed by atoms with Crippen molar-refractivity contribution in [2.75, 3.05) is 26.8 Å². The van der Waals surface area contributed by atoms with E-state index in [4.69, 9.17) is 9.47 Å². The first-order valence-corrected chi connectivity index (χ1v) is 8.43. The van der Waals surface area contributed by atoms with Crippen molar-refractivity contribution in [3.63, 3.8) is 0 Å². The molecule has 0 aromatic heterocycles. The van der Waals surface area contributed by atoms with Crippen LogP contribution in [0.3, 0.4) is 0 Å². The van der Waals surface area contributed by atoms with Gasteiger partial charge in [0.1, 0.15) is 5.75 Å². The number of esters is 1. The van der Waals surface area contributed by atoms with Crippen LogP contribution in [-0.4, -0.2) is 43.9 Å². The largest absolute Gasteiger partial charge is 0.484 e. The zero-order valence-corrected chi connectivity index (χ0v) is 14.3. The predicted octanol–water partition coefficient (Wildman–Crippen LogP) is 3.79. The van der Waals surface area contributed by atoms with Crippen LogP contribution in [0.15, 0.2) is 24.3 Å². The van der Waals surface area contributed by atoms with Gasteiger partial charge in [0.2, 0.25) is 0 Å². The lowest BCUT2D eigenvalue weighted by Crippen LogP contribution is -2.24. The van der Waals surface area contributed by atoms with Crippen molar-refractivity contribution in [3.8, 4) is 5.75 Å². The maximum absolute atomic E-state index is 12.2. The second-order valence-corrected chi connectivity index (χ2v) is 6.40. The van der Waals surface area contributed by atoms with Crippen molar-refractivity contribution < 1.29 is 27.4 Å². The lowest BCUT2D eigenvalue weighted by atomic mass is 9.97. The summed E-state index contributed by atoms with van der Waals surface area (Å²) in [4.78, 5) is 13.7. The molecule has 0 aliphatic carbocycles. The summed E-state index contributed by atoms with van der Waals surface area (Å²) in [5.74, 6) is 0.389. The highest BCUT2D eigenvalue weighted by atomic mass is 19.4. The van der Waals surface area contributed by atoms with Gasteiger partial charge in [-0.05, 0) is 56.0 Å². The van der Waals surface area contributed by atoms with Gasteiger partial charge in [-0.25, -0.2) is 0 Å². The van der Waals surface area contributed by atoms with E-state index in [1.54, 1.807) is 12.1 Å². The zero-order chi connectivity index (χ0) is 18.3. The lowest BCUT2D eigenvalue weighted by Gasteiger charge is -2.20. The standard InChI is InChI=1S/C18H24F3NO3/c1-24-17(23)11-14-5-3-8-22(9-7-14)12-15-4-2-6-16(10-15)25-13-18(19,20)21/h2,4,6,10,14H,3,5,7-9,11-13H2,1H3/t14-/m1/s1. The van der Waals surface area contributed by atoms with E-state index in [0.717, 1.165) is 37.9 Å². The summed E-state index contributed by atoms with van der Waals surface area (Å²) >= 11 is 0. The maximum atomic E-state index is 12.2. The van der Waals surface area contributed by atoms with Crippen molar-refractivity contribution in [2.24, 2.45) is 5.92 Å². The summed E-state index contributed by atoms with van der Waals surface area (Å²) in [5, 5.41) is 0. The third-order valence-electron chi connectivity index (χ3n) is 4.33. The second kappa shape index (κ2) is 9.08. The summed E-state index contributed by atoms with van der Waals surface area (Å²) in [6.45, 7) is 1.14. The number of methoxy groups -OCH3 is 1. The molecule has 7 heteroatoms. The van der Waals surface area contributed by atoms with Crippen LogP contribution in [-0.2, 0) is 16.1 Å². The molecule has 0 radical (unpaired) electrons. The van der Waals surface area contributed by atoms with E-state index in [-0.39, 0.29) is 11.7 Å². The average molecular weight is 359 g/mol. The Bertz CT molecular complexity index is 563. The maximum Gasteiger partial charge on any atom is 0.422 e. The van der Waals surface area contributed by atoms with Gasteiger partial charge in [0, 0.05) is 13.0 Å². The minimum Gasteiger partial charge on any atom is -0.484 e. The van der Waals surface area contributed by atoms with E-state index in [1.807, 2.05) is 6.07 Å². The van der Waals surface area contributed by atoms with Crippen molar-refractivity contribution in [2.45, 2.75) is 38.4 Å². The summed E-state index contributed by atoms with van der Waals surface area (Å²) in [6.07, 6.45) is -0.994. The minimum absolute atomic E-state index is 0.173. The Morgan fingerprint density at radius 3 is 2.80 bits per heavy atom. The number of alkyl halides is 3. The Kier molecular flexibility index (Phi) is 7.11. The highest BCUT2D eigenvalue weighted by Crippen LogP contribution is 2.24. The number of likely N-dealkylation sites (tertiary alicyclic amines) is 1. The molecule has 1 saturated heterocycles. The van der Waals surface area contributed by atoms with Crippen LogP contribution in [0.25, 0.3) is 0 Å². The molecule has 1 fully saturated rings. The number of halogens is 3. The normalized spacial score (nSPS) is 19.3. The predicted molar refractivity (Wildman–Crippen MR) is 87.2 cm³/mol. The lowest BCUT2D eigenvalue weighted by molar-refractivity contribution is -0.153. The number of rotatable bonds is 6. The molecule has 2 rings (SSSR count). The molecule has 4 nitrogen and oxygen atoms in total. The second-order valence-electron chi connectivity index (χ2n) is 6.40. The number of nitrogens with zero attached hydrogens (tertiary/aromatic N) is 1. The Hall–Kier alpha value is -1.76. The van der Waals surface area contributed by atoms with Crippen LogP contribution < -0.4 is 4.74 Å². The molecule has 0 N–H and O–H groups in total. The molecule has 0 bridgehead atoms. The number of carbonyl (C=O) groups is 1. The number of ether oxygens (including phenoxy) is 2. The number of hydrogen-bond donors (Lipinski definition) is 0. The van der Waals surface area contributed by atoms with Gasteiger partial charge in [0.05, 0.1) is 7.11 Å². The smallest absolute Gasteiger partial charge is 0.422 e. The van der Waals surface area contributed by atoms with Crippen LogP contribution in [0.1, 0.15) is 31.2 Å². The molecular formula is C18H24F3NO3. The van der Waals surface area contributed by atoms with Crippen molar-refractivity contribution in [3.05, 3.63) is 29.8 Å². The molecule has 1 aromatic carbocycles. The molecule has 140 valence electrons. The fourth-order valence-corrected chi connectivity index (χ4v) is 3.06. The third kappa shape index (κ3) is 7.34. The Morgan fingerprint density at radius 2 is 2.08 bits per heavy atom. The first kappa shape index (κ1) is 19.6. The van der Waals surface area contributed by atoms with Crippen molar-refractivity contribution >= 4 is 5.97 Å². The quantitative estimate of drug-likeness (QED) is 0.725. The molecule has 0 unspecified atom stereocenters. The fourth-order valence-electron chi connectivity index (χ4n) is 3.06. The van der Waals surface area contributed by atoms with Crippen molar-refractivity contribution in [1.82, 2.24) is 4.90 Å². The van der Waals surface area contributed by atoms with Crippen LogP contribution in [0.5, 0.6) is 5.75 Å². The highest BCUT2D eigenvalue weighted by molar-refractivity contribution is 5.69. The Balaban J connectivity index is 1.86. The van der Waals surface area contributed by atoms with Gasteiger partial charge in [-0.3, -0.25) is 9.69 Å². The van der Waals surface area contributed by atoms with Gasteiger partial charge in [0.25, 0.3) is 0 Å². The average Bonchev–Trinajstić information content (AvgIpc) is 2.78. The molecule has 0 spiro atoms. The number of benzene rings is 1. The molecule has 0 amide bonds. The zero-order valence-electron chi connectivity index (χ0n) is 14.3. The highest BCUT2D eigenvalue weighted by Gasteiger charge is 2.28. The Labute approximate surface area is 145 Å². The van der Waals surface area contributed by atoms with E-state index >= 15 is 0 Å². The van der Waals surface area contributed by atoms with E-state index < -0.39 is 12.8 Å². The van der Waals surface area contributed by atoms with Crippen LogP contribution in [0.2, 0.25) is 0 Å². The van der Waals surface area contributed by atoms with Crippen LogP contribution in [0, 0.1) is 5.92 Å². The first-order valence-electron chi connectivity index (χ1n) is 8.43. The van der Waals surface area contributed by atoms with Crippen LogP contribution >= 0.6 is 0 Å². The van der Waals surface area contributed by atoms with Gasteiger partial charge in [-0.2, -0.15) is 13.2 Å². The van der Waals surface area contributed by atoms with Gasteiger partial charge >= 0.3 is 12.1 Å². The summed E-state index contributed by atoms with van der Waals surface area (Å²) < 4.78 is 46.3. The van der Waals surface area contributed by atoms with Gasteiger partial charge in [0.15, 0.2) is 6.61 Å². The van der Waals surface area contributed by atoms with E-state index in [9.17, 15) is 18.0 Å². The molecule has 25 heavy (non-hydrogen) atoms. The molecular weight excluding hydrogens is 335 g/mol. The van der Waals surface area contributed by atoms with E-state index in [2.05, 4.69) is 4.90 Å². The minimum atomic E-state index is -4.34. The third-order valence-corrected chi connectivity index (χ3v) is 4.33. The molecule has 1 atom stereocenters. The monoisotopic (exact) mass is 359 g/mol. The molecule has 1 heterocycles. The summed E-state index contributed by atoms with van der Waals surface area (Å²) in [7, 11) is 1.40. The van der Waals surface area contributed by atoms with E-state index in [1.165, 1.54) is 13.2 Å². The number of hydrogen-bond acceptors (Lipinski definition) is 4. The first-order chi connectivity index (χ1) is 11.9. The number of carbonyl (C=O) groups excluding carboxylic acids is 1. The van der Waals surface area contributed by atoms with Crippen molar-refractivity contribution in [1.29, 1.82) is 0 Å². The van der Waals surface area contributed by atoms with Gasteiger partial charge < -0.3 is 9.47 Å². The molecule has 1 aliphatic rings. The Morgan fingerprint density at radius 1 is 1.28 bits per heavy atom. The fraction of sp³-hybridized carbons (Fsp3) is 0.611. The molecule has 1 aliphatic heterocycles. The van der Waals surface area contributed by atoms with E-state index in [0.29, 0.717) is 18.9 Å².